The Bertz CT molecular complexity index is 1120. The van der Waals surface area contributed by atoms with Crippen molar-refractivity contribution in [3.05, 3.63) is 65.2 Å². The molecule has 1 N–H and O–H groups in total. The molecule has 0 spiro atoms. The number of fused-ring (bicyclic) bond motifs is 4. The summed E-state index contributed by atoms with van der Waals surface area (Å²) in [6.45, 7) is 6.29. The van der Waals surface area contributed by atoms with E-state index in [0.717, 1.165) is 18.4 Å². The molecule has 5 rings (SSSR count). The minimum absolute atomic E-state index is 0.0127. The number of benzene rings is 2. The predicted molar refractivity (Wildman–Crippen MR) is 122 cm³/mol. The summed E-state index contributed by atoms with van der Waals surface area (Å²) < 4.78 is 0. The maximum Gasteiger partial charge on any atom is 0.258 e. The van der Waals surface area contributed by atoms with E-state index in [-0.39, 0.29) is 35.7 Å². The number of amides is 3. The highest BCUT2D eigenvalue weighted by atomic mass is 16.2. The summed E-state index contributed by atoms with van der Waals surface area (Å²) in [6, 6.07) is 15.4. The van der Waals surface area contributed by atoms with Gasteiger partial charge in [0.15, 0.2) is 0 Å². The van der Waals surface area contributed by atoms with Crippen molar-refractivity contribution in [3.8, 4) is 0 Å². The van der Waals surface area contributed by atoms with E-state index in [9.17, 15) is 14.4 Å². The first-order valence-electron chi connectivity index (χ1n) is 11.4. The van der Waals surface area contributed by atoms with Gasteiger partial charge in [0.1, 0.15) is 12.2 Å². The van der Waals surface area contributed by atoms with Gasteiger partial charge in [0.2, 0.25) is 11.8 Å². The van der Waals surface area contributed by atoms with Gasteiger partial charge in [-0.2, -0.15) is 0 Å². The van der Waals surface area contributed by atoms with E-state index in [2.05, 4.69) is 31.3 Å². The Balaban J connectivity index is 1.41. The Morgan fingerprint density at radius 2 is 1.75 bits per heavy atom. The van der Waals surface area contributed by atoms with Crippen LogP contribution < -0.4 is 10.2 Å². The standard InChI is InChI=1S/C26H29N3O3/c1-25(2)14-12-20(17-8-4-6-10-19(17)25)27-22(30)16-28-24(32)18-9-5-7-11-21(18)29-23(31)13-15-26(28,29)3/h4-11,20H,12-16H2,1-3H3,(H,27,30). The number of carbonyl (C=O) groups is 3. The largest absolute Gasteiger partial charge is 0.348 e. The molecule has 6 nitrogen and oxygen atoms in total. The van der Waals surface area contributed by atoms with Crippen LogP contribution in [0.15, 0.2) is 48.5 Å². The van der Waals surface area contributed by atoms with Gasteiger partial charge in [0, 0.05) is 6.42 Å². The second kappa shape index (κ2) is 7.19. The van der Waals surface area contributed by atoms with Crippen LogP contribution in [0.5, 0.6) is 0 Å². The Hall–Kier alpha value is -3.15. The van der Waals surface area contributed by atoms with Gasteiger partial charge in [-0.15, -0.1) is 0 Å². The van der Waals surface area contributed by atoms with Crippen molar-refractivity contribution in [1.29, 1.82) is 0 Å². The molecular weight excluding hydrogens is 402 g/mol. The molecule has 2 unspecified atom stereocenters. The van der Waals surface area contributed by atoms with Gasteiger partial charge >= 0.3 is 0 Å². The van der Waals surface area contributed by atoms with E-state index >= 15 is 0 Å². The molecule has 2 aliphatic heterocycles. The fourth-order valence-electron chi connectivity index (χ4n) is 5.69. The number of para-hydroxylation sites is 1. The first-order valence-corrected chi connectivity index (χ1v) is 11.4. The van der Waals surface area contributed by atoms with E-state index in [4.69, 9.17) is 0 Å². The van der Waals surface area contributed by atoms with E-state index in [0.29, 0.717) is 24.1 Å². The molecule has 1 fully saturated rings. The van der Waals surface area contributed by atoms with Gasteiger partial charge in [-0.25, -0.2) is 0 Å². The topological polar surface area (TPSA) is 69.7 Å². The zero-order valence-electron chi connectivity index (χ0n) is 18.9. The van der Waals surface area contributed by atoms with Crippen molar-refractivity contribution in [2.24, 2.45) is 0 Å². The van der Waals surface area contributed by atoms with Gasteiger partial charge in [-0.1, -0.05) is 50.2 Å². The zero-order chi connectivity index (χ0) is 22.7. The van der Waals surface area contributed by atoms with Crippen molar-refractivity contribution in [1.82, 2.24) is 10.2 Å². The molecule has 166 valence electrons. The highest BCUT2D eigenvalue weighted by Gasteiger charge is 2.53. The monoisotopic (exact) mass is 431 g/mol. The molecule has 3 aliphatic rings. The van der Waals surface area contributed by atoms with Crippen LogP contribution in [0.1, 0.15) is 74.0 Å². The minimum Gasteiger partial charge on any atom is -0.348 e. The average Bonchev–Trinajstić information content (AvgIpc) is 3.09. The van der Waals surface area contributed by atoms with Crippen LogP contribution in [0.25, 0.3) is 0 Å². The van der Waals surface area contributed by atoms with Crippen LogP contribution in [-0.4, -0.2) is 34.8 Å². The molecule has 32 heavy (non-hydrogen) atoms. The fraction of sp³-hybridized carbons (Fsp3) is 0.423. The first-order chi connectivity index (χ1) is 15.2. The maximum absolute atomic E-state index is 13.4. The molecule has 1 aliphatic carbocycles. The number of hydrogen-bond acceptors (Lipinski definition) is 3. The lowest BCUT2D eigenvalue weighted by molar-refractivity contribution is -0.124. The average molecular weight is 432 g/mol. The molecular formula is C26H29N3O3. The number of anilines is 1. The smallest absolute Gasteiger partial charge is 0.258 e. The van der Waals surface area contributed by atoms with Gasteiger partial charge in [-0.3, -0.25) is 19.3 Å². The molecule has 0 saturated carbocycles. The SMILES string of the molecule is CC1(C)CCC(NC(=O)CN2C(=O)c3ccccc3N3C(=O)CCC23C)c2ccccc21. The molecule has 3 amide bonds. The van der Waals surface area contributed by atoms with Crippen LogP contribution in [0.3, 0.4) is 0 Å². The Morgan fingerprint density at radius 3 is 2.56 bits per heavy atom. The van der Waals surface area contributed by atoms with Gasteiger partial charge < -0.3 is 10.2 Å². The van der Waals surface area contributed by atoms with Crippen LogP contribution in [-0.2, 0) is 15.0 Å². The van der Waals surface area contributed by atoms with Crippen LogP contribution >= 0.6 is 0 Å². The van der Waals surface area contributed by atoms with Crippen molar-refractivity contribution in [2.75, 3.05) is 11.4 Å². The third kappa shape index (κ3) is 3.04. The first kappa shape index (κ1) is 20.7. The van der Waals surface area contributed by atoms with E-state index in [1.165, 1.54) is 5.56 Å². The third-order valence-corrected chi connectivity index (χ3v) is 7.51. The predicted octanol–water partition coefficient (Wildman–Crippen LogP) is 3.91. The van der Waals surface area contributed by atoms with Crippen molar-refractivity contribution >= 4 is 23.4 Å². The van der Waals surface area contributed by atoms with E-state index < -0.39 is 5.66 Å². The third-order valence-electron chi connectivity index (χ3n) is 7.51. The highest BCUT2D eigenvalue weighted by molar-refractivity contribution is 6.11. The molecule has 2 aromatic carbocycles. The molecule has 2 atom stereocenters. The lowest BCUT2D eigenvalue weighted by atomic mass is 9.71. The molecule has 0 bridgehead atoms. The van der Waals surface area contributed by atoms with Gasteiger partial charge in [-0.05, 0) is 54.9 Å². The van der Waals surface area contributed by atoms with Crippen LogP contribution in [0.4, 0.5) is 5.69 Å². The Kier molecular flexibility index (Phi) is 4.66. The van der Waals surface area contributed by atoms with Gasteiger partial charge in [0.05, 0.1) is 17.3 Å². The molecule has 0 aromatic heterocycles. The van der Waals surface area contributed by atoms with Crippen molar-refractivity contribution in [3.63, 3.8) is 0 Å². The van der Waals surface area contributed by atoms with Crippen molar-refractivity contribution < 1.29 is 14.4 Å². The lowest BCUT2D eigenvalue weighted by Crippen LogP contribution is -2.64. The second-order valence-corrected chi connectivity index (χ2v) is 9.98. The number of carbonyl (C=O) groups excluding carboxylic acids is 3. The molecule has 6 heteroatoms. The summed E-state index contributed by atoms with van der Waals surface area (Å²) >= 11 is 0. The molecule has 0 radical (unpaired) electrons. The number of rotatable bonds is 3. The summed E-state index contributed by atoms with van der Waals surface area (Å²) in [7, 11) is 0. The highest BCUT2D eigenvalue weighted by Crippen LogP contribution is 2.44. The van der Waals surface area contributed by atoms with E-state index in [1.54, 1.807) is 21.9 Å². The maximum atomic E-state index is 13.4. The molecule has 2 aromatic rings. The Morgan fingerprint density at radius 1 is 1.03 bits per heavy atom. The Labute approximate surface area is 188 Å². The summed E-state index contributed by atoms with van der Waals surface area (Å²) in [6.07, 6.45) is 2.71. The number of nitrogens with one attached hydrogen (secondary N) is 1. The second-order valence-electron chi connectivity index (χ2n) is 9.98. The summed E-state index contributed by atoms with van der Waals surface area (Å²) in [5, 5.41) is 3.18. The van der Waals surface area contributed by atoms with Crippen molar-refractivity contribution in [2.45, 2.75) is 63.6 Å². The number of nitrogens with zero attached hydrogens (tertiary/aromatic N) is 2. The fourth-order valence-corrected chi connectivity index (χ4v) is 5.69. The summed E-state index contributed by atoms with van der Waals surface area (Å²) in [5.41, 5.74) is 2.77. The zero-order valence-corrected chi connectivity index (χ0v) is 18.9. The summed E-state index contributed by atoms with van der Waals surface area (Å²) in [4.78, 5) is 42.6. The minimum atomic E-state index is -0.827. The lowest BCUT2D eigenvalue weighted by Gasteiger charge is -2.48. The number of hydrogen-bond donors (Lipinski definition) is 1. The summed E-state index contributed by atoms with van der Waals surface area (Å²) in [5.74, 6) is -0.409. The van der Waals surface area contributed by atoms with Crippen LogP contribution in [0.2, 0.25) is 0 Å². The quantitative estimate of drug-likeness (QED) is 0.801. The van der Waals surface area contributed by atoms with Gasteiger partial charge in [0.25, 0.3) is 5.91 Å². The molecule has 1 saturated heterocycles. The van der Waals surface area contributed by atoms with Crippen LogP contribution in [0, 0.1) is 0 Å². The van der Waals surface area contributed by atoms with E-state index in [1.807, 2.05) is 31.2 Å². The normalized spacial score (nSPS) is 25.8. The molecule has 2 heterocycles.